The summed E-state index contributed by atoms with van der Waals surface area (Å²) in [7, 11) is 1.63. The lowest BCUT2D eigenvalue weighted by atomic mass is 9.96. The largest absolute Gasteiger partial charge is 0.496 e. The van der Waals surface area contributed by atoms with E-state index in [9.17, 15) is 9.59 Å². The van der Waals surface area contributed by atoms with Crippen molar-refractivity contribution in [1.82, 2.24) is 4.90 Å². The smallest absolute Gasteiger partial charge is 0.410 e. The number of hydrogen-bond acceptors (Lipinski definition) is 5. The molecule has 2 heterocycles. The highest BCUT2D eigenvalue weighted by Gasteiger charge is 2.42. The minimum atomic E-state index is -0.583. The molecule has 5 nitrogen and oxygen atoms in total. The fraction of sp³-hybridized carbons (Fsp3) is 0.625. The van der Waals surface area contributed by atoms with Crippen LogP contribution in [0.2, 0.25) is 0 Å². The van der Waals surface area contributed by atoms with Crippen molar-refractivity contribution >= 4 is 35.2 Å². The average molecular weight is 357 g/mol. The first kappa shape index (κ1) is 18.1. The average Bonchev–Trinajstić information content (AvgIpc) is 3.03. The van der Waals surface area contributed by atoms with Crippen LogP contribution in [0, 0.1) is 5.92 Å². The molecule has 128 valence electrons. The van der Waals surface area contributed by atoms with Crippen LogP contribution in [0.4, 0.5) is 4.79 Å². The molecule has 1 amide bonds. The van der Waals surface area contributed by atoms with Gasteiger partial charge in [0, 0.05) is 16.8 Å². The molecule has 1 aromatic rings. The van der Waals surface area contributed by atoms with Crippen molar-refractivity contribution in [3.05, 3.63) is 16.3 Å². The molecule has 0 aliphatic carbocycles. The summed E-state index contributed by atoms with van der Waals surface area (Å²) in [5.74, 6) is 0.872. The van der Waals surface area contributed by atoms with Crippen LogP contribution < -0.4 is 4.74 Å². The second kappa shape index (κ2) is 7.13. The summed E-state index contributed by atoms with van der Waals surface area (Å²) >= 11 is 5.60. The number of thiophene rings is 1. The van der Waals surface area contributed by atoms with Gasteiger partial charge in [0.2, 0.25) is 5.12 Å². The van der Waals surface area contributed by atoms with E-state index >= 15 is 0 Å². The summed E-state index contributed by atoms with van der Waals surface area (Å²) in [4.78, 5) is 27.0. The molecule has 0 radical (unpaired) electrons. The van der Waals surface area contributed by atoms with E-state index in [-0.39, 0.29) is 11.0 Å². The minimum Gasteiger partial charge on any atom is -0.496 e. The summed E-state index contributed by atoms with van der Waals surface area (Å²) in [5.41, 5.74) is -0.583. The van der Waals surface area contributed by atoms with E-state index in [4.69, 9.17) is 9.47 Å². The Morgan fingerprint density at radius 2 is 2.13 bits per heavy atom. The number of carbonyl (C=O) groups is 2. The molecule has 2 atom stereocenters. The van der Waals surface area contributed by atoms with Crippen molar-refractivity contribution in [3.63, 3.8) is 0 Å². The molecule has 1 fully saturated rings. The first-order valence-corrected chi connectivity index (χ1v) is 8.88. The van der Waals surface area contributed by atoms with Gasteiger partial charge in [0.25, 0.3) is 0 Å². The predicted molar refractivity (Wildman–Crippen MR) is 93.4 cm³/mol. The molecular formula is C16H23NO4S2. The molecule has 0 N–H and O–H groups in total. The van der Waals surface area contributed by atoms with Gasteiger partial charge in [-0.15, -0.1) is 24.0 Å². The highest BCUT2D eigenvalue weighted by Crippen LogP contribution is 2.33. The summed E-state index contributed by atoms with van der Waals surface area (Å²) in [6.07, 6.45) is 1.04. The van der Waals surface area contributed by atoms with Gasteiger partial charge in [-0.2, -0.15) is 0 Å². The third kappa shape index (κ3) is 4.64. The Bertz CT molecular complexity index is 579. The van der Waals surface area contributed by atoms with Crippen LogP contribution in [0.25, 0.3) is 0 Å². The molecule has 0 bridgehead atoms. The highest BCUT2D eigenvalue weighted by atomic mass is 32.1. The molecule has 0 saturated carbocycles. The SMILES string of the molecule is COc1csc(CC2CCN(C(=O)OC(C)(C)C)C2C(=O)S)c1. The molecule has 7 heteroatoms. The summed E-state index contributed by atoms with van der Waals surface area (Å²) < 4.78 is 10.6. The van der Waals surface area contributed by atoms with Crippen molar-refractivity contribution in [3.8, 4) is 5.75 Å². The Morgan fingerprint density at radius 1 is 1.43 bits per heavy atom. The van der Waals surface area contributed by atoms with Crippen molar-refractivity contribution in [2.24, 2.45) is 5.92 Å². The van der Waals surface area contributed by atoms with Gasteiger partial charge in [0.15, 0.2) is 0 Å². The van der Waals surface area contributed by atoms with E-state index in [1.165, 1.54) is 4.90 Å². The number of carbonyl (C=O) groups excluding carboxylic acids is 2. The summed E-state index contributed by atoms with van der Waals surface area (Å²) in [5, 5.41) is 1.65. The fourth-order valence-electron chi connectivity index (χ4n) is 2.76. The number of hydrogen-bond donors (Lipinski definition) is 1. The van der Waals surface area contributed by atoms with Gasteiger partial charge in [-0.1, -0.05) is 0 Å². The Morgan fingerprint density at radius 3 is 2.65 bits per heavy atom. The van der Waals surface area contributed by atoms with Crippen molar-refractivity contribution in [1.29, 1.82) is 0 Å². The van der Waals surface area contributed by atoms with Gasteiger partial charge >= 0.3 is 6.09 Å². The topological polar surface area (TPSA) is 55.8 Å². The molecule has 1 saturated heterocycles. The molecular weight excluding hydrogens is 334 g/mol. The summed E-state index contributed by atoms with van der Waals surface area (Å²) in [6.45, 7) is 5.95. The zero-order valence-electron chi connectivity index (χ0n) is 13.9. The summed E-state index contributed by atoms with van der Waals surface area (Å²) in [6, 6.07) is 1.43. The highest BCUT2D eigenvalue weighted by molar-refractivity contribution is 7.96. The van der Waals surface area contributed by atoms with Gasteiger partial charge in [0.1, 0.15) is 17.4 Å². The quantitative estimate of drug-likeness (QED) is 0.840. The number of rotatable bonds is 4. The number of amides is 1. The van der Waals surface area contributed by atoms with E-state index in [1.54, 1.807) is 18.4 Å². The second-order valence-corrected chi connectivity index (χ2v) is 8.10. The van der Waals surface area contributed by atoms with E-state index in [0.717, 1.165) is 23.5 Å². The van der Waals surface area contributed by atoms with Crippen molar-refractivity contribution < 1.29 is 19.1 Å². The van der Waals surface area contributed by atoms with Crippen LogP contribution in [0.15, 0.2) is 11.4 Å². The van der Waals surface area contributed by atoms with Gasteiger partial charge in [-0.05, 0) is 45.6 Å². The molecule has 23 heavy (non-hydrogen) atoms. The van der Waals surface area contributed by atoms with Crippen molar-refractivity contribution in [2.75, 3.05) is 13.7 Å². The zero-order chi connectivity index (χ0) is 17.2. The van der Waals surface area contributed by atoms with Gasteiger partial charge in [0.05, 0.1) is 7.11 Å². The molecule has 1 aromatic heterocycles. The molecule has 0 aromatic carbocycles. The third-order valence-corrected chi connectivity index (χ3v) is 4.93. The second-order valence-electron chi connectivity index (χ2n) is 6.66. The fourth-order valence-corrected chi connectivity index (χ4v) is 4.04. The first-order valence-electron chi connectivity index (χ1n) is 7.55. The lowest BCUT2D eigenvalue weighted by molar-refractivity contribution is -0.115. The molecule has 2 rings (SSSR count). The lowest BCUT2D eigenvalue weighted by Crippen LogP contribution is -2.44. The molecule has 1 aliphatic rings. The first-order chi connectivity index (χ1) is 10.7. The maximum absolute atomic E-state index is 12.3. The maximum atomic E-state index is 12.3. The van der Waals surface area contributed by atoms with Gasteiger partial charge < -0.3 is 9.47 Å². The third-order valence-electron chi connectivity index (χ3n) is 3.73. The molecule has 2 unspecified atom stereocenters. The maximum Gasteiger partial charge on any atom is 0.410 e. The number of likely N-dealkylation sites (tertiary alicyclic amines) is 1. The van der Waals surface area contributed by atoms with Crippen LogP contribution in [-0.2, 0) is 16.0 Å². The van der Waals surface area contributed by atoms with Crippen LogP contribution in [0.5, 0.6) is 5.75 Å². The Labute approximate surface area is 146 Å². The lowest BCUT2D eigenvalue weighted by Gasteiger charge is -2.28. The zero-order valence-corrected chi connectivity index (χ0v) is 15.6. The van der Waals surface area contributed by atoms with E-state index in [0.29, 0.717) is 6.54 Å². The number of methoxy groups -OCH3 is 1. The van der Waals surface area contributed by atoms with Crippen LogP contribution in [0.3, 0.4) is 0 Å². The number of nitrogens with zero attached hydrogens (tertiary/aromatic N) is 1. The predicted octanol–water partition coefficient (Wildman–Crippen LogP) is 3.38. The Hall–Kier alpha value is -1.21. The van der Waals surface area contributed by atoms with Crippen LogP contribution >= 0.6 is 24.0 Å². The Balaban J connectivity index is 2.10. The van der Waals surface area contributed by atoms with E-state index in [2.05, 4.69) is 12.6 Å². The molecule has 0 spiro atoms. The number of thiol groups is 1. The monoisotopic (exact) mass is 357 g/mol. The van der Waals surface area contributed by atoms with E-state index < -0.39 is 17.7 Å². The number of ether oxygens (including phenoxy) is 2. The van der Waals surface area contributed by atoms with Gasteiger partial charge in [-0.3, -0.25) is 9.69 Å². The standard InChI is InChI=1S/C16H23NO4S2/c1-16(2,3)21-15(19)17-6-5-10(13(17)14(18)22)7-12-8-11(20-4)9-23-12/h8-10,13H,5-7H2,1-4H3,(H,18,22). The van der Waals surface area contributed by atoms with Crippen molar-refractivity contribution in [2.45, 2.75) is 45.3 Å². The van der Waals surface area contributed by atoms with Crippen LogP contribution in [0.1, 0.15) is 32.1 Å². The van der Waals surface area contributed by atoms with E-state index in [1.807, 2.05) is 32.2 Å². The molecule has 1 aliphatic heterocycles. The normalized spacial score (nSPS) is 21.3. The van der Waals surface area contributed by atoms with Gasteiger partial charge in [-0.25, -0.2) is 4.79 Å². The minimum absolute atomic E-state index is 0.0517. The Kier molecular flexibility index (Phi) is 5.62. The van der Waals surface area contributed by atoms with Crippen LogP contribution in [-0.4, -0.2) is 41.4 Å².